The maximum Gasteiger partial charge on any atom is 0.0178 e. The van der Waals surface area contributed by atoms with Gasteiger partial charge in [-0.25, -0.2) is 0 Å². The Morgan fingerprint density at radius 2 is 2.15 bits per heavy atom. The first-order valence-electron chi connectivity index (χ1n) is 4.78. The van der Waals surface area contributed by atoms with Crippen molar-refractivity contribution in [1.82, 2.24) is 0 Å². The first kappa shape index (κ1) is 9.22. The van der Waals surface area contributed by atoms with Crippen LogP contribution in [0.15, 0.2) is 28.7 Å². The fourth-order valence-corrected chi connectivity index (χ4v) is 2.56. The largest absolute Gasteiger partial charge is 0.327 e. The fourth-order valence-electron chi connectivity index (χ4n) is 2.14. The molecule has 2 atom stereocenters. The van der Waals surface area contributed by atoms with E-state index in [2.05, 4.69) is 40.2 Å². The molecular formula is C11H14BrN. The molecule has 1 aliphatic carbocycles. The minimum absolute atomic E-state index is 0.370. The van der Waals surface area contributed by atoms with E-state index in [-0.39, 0.29) is 0 Å². The normalized spacial score (nSPS) is 27.8. The number of benzene rings is 1. The van der Waals surface area contributed by atoms with E-state index in [1.54, 1.807) is 0 Å². The Balaban J connectivity index is 2.24. The van der Waals surface area contributed by atoms with Gasteiger partial charge in [-0.3, -0.25) is 0 Å². The predicted octanol–water partition coefficient (Wildman–Crippen LogP) is 3.04. The van der Waals surface area contributed by atoms with E-state index in [4.69, 9.17) is 5.73 Å². The number of hydrogen-bond donors (Lipinski definition) is 1. The number of rotatable bonds is 1. The summed E-state index contributed by atoms with van der Waals surface area (Å²) in [7, 11) is 0. The van der Waals surface area contributed by atoms with Crippen molar-refractivity contribution in [3.63, 3.8) is 0 Å². The maximum absolute atomic E-state index is 6.05. The maximum atomic E-state index is 6.05. The van der Waals surface area contributed by atoms with Crippen molar-refractivity contribution >= 4 is 15.9 Å². The summed E-state index contributed by atoms with van der Waals surface area (Å²) in [6.45, 7) is 0. The summed E-state index contributed by atoms with van der Waals surface area (Å²) in [5.41, 5.74) is 7.43. The van der Waals surface area contributed by atoms with E-state index >= 15 is 0 Å². The van der Waals surface area contributed by atoms with E-state index in [9.17, 15) is 0 Å². The summed E-state index contributed by atoms with van der Waals surface area (Å²) in [6.07, 6.45) is 3.70. The van der Waals surface area contributed by atoms with Crippen molar-refractivity contribution < 1.29 is 0 Å². The van der Waals surface area contributed by atoms with Crippen LogP contribution in [-0.2, 0) is 0 Å². The molecule has 0 saturated heterocycles. The third kappa shape index (κ3) is 1.94. The Morgan fingerprint density at radius 3 is 2.77 bits per heavy atom. The minimum atomic E-state index is 0.370. The lowest BCUT2D eigenvalue weighted by atomic mass is 9.95. The van der Waals surface area contributed by atoms with Gasteiger partial charge in [0, 0.05) is 10.5 Å². The smallest absolute Gasteiger partial charge is 0.0178 e. The second-order valence-corrected chi connectivity index (χ2v) is 4.67. The average molecular weight is 240 g/mol. The molecule has 1 aromatic carbocycles. The molecule has 1 aromatic rings. The van der Waals surface area contributed by atoms with Crippen LogP contribution >= 0.6 is 15.9 Å². The van der Waals surface area contributed by atoms with Crippen LogP contribution in [0.2, 0.25) is 0 Å². The first-order valence-corrected chi connectivity index (χ1v) is 5.58. The van der Waals surface area contributed by atoms with E-state index in [0.29, 0.717) is 12.0 Å². The van der Waals surface area contributed by atoms with Crippen molar-refractivity contribution in [2.75, 3.05) is 0 Å². The lowest BCUT2D eigenvalue weighted by Gasteiger charge is -2.15. The Morgan fingerprint density at radius 1 is 1.31 bits per heavy atom. The van der Waals surface area contributed by atoms with Crippen molar-refractivity contribution in [3.05, 3.63) is 34.3 Å². The summed E-state index contributed by atoms with van der Waals surface area (Å²) < 4.78 is 1.16. The SMILES string of the molecule is NC1CCCC1c1cccc(Br)c1. The highest BCUT2D eigenvalue weighted by atomic mass is 79.9. The average Bonchev–Trinajstić information content (AvgIpc) is 2.51. The molecule has 0 spiro atoms. The second-order valence-electron chi connectivity index (χ2n) is 3.76. The Bertz CT molecular complexity index is 298. The molecule has 0 aromatic heterocycles. The third-order valence-corrected chi connectivity index (χ3v) is 3.34. The van der Waals surface area contributed by atoms with Gasteiger partial charge < -0.3 is 5.73 Å². The van der Waals surface area contributed by atoms with E-state index in [1.165, 1.54) is 24.8 Å². The number of nitrogens with two attached hydrogens (primary N) is 1. The lowest BCUT2D eigenvalue weighted by Crippen LogP contribution is -2.22. The first-order chi connectivity index (χ1) is 6.27. The molecule has 0 aliphatic heterocycles. The van der Waals surface area contributed by atoms with E-state index in [0.717, 1.165) is 4.47 Å². The summed E-state index contributed by atoms with van der Waals surface area (Å²) in [5.74, 6) is 0.581. The van der Waals surface area contributed by atoms with Gasteiger partial charge in [0.2, 0.25) is 0 Å². The van der Waals surface area contributed by atoms with Crippen LogP contribution in [0.3, 0.4) is 0 Å². The monoisotopic (exact) mass is 239 g/mol. The third-order valence-electron chi connectivity index (χ3n) is 2.85. The van der Waals surface area contributed by atoms with Gasteiger partial charge in [0.1, 0.15) is 0 Å². The molecule has 0 heterocycles. The summed E-state index contributed by atoms with van der Waals surface area (Å²) in [4.78, 5) is 0. The molecule has 0 amide bonds. The van der Waals surface area contributed by atoms with Gasteiger partial charge >= 0.3 is 0 Å². The molecule has 2 N–H and O–H groups in total. The molecule has 13 heavy (non-hydrogen) atoms. The van der Waals surface area contributed by atoms with Crippen LogP contribution in [0.1, 0.15) is 30.7 Å². The molecule has 2 unspecified atom stereocenters. The molecule has 70 valence electrons. The number of halogens is 1. The topological polar surface area (TPSA) is 26.0 Å². The van der Waals surface area contributed by atoms with Crippen LogP contribution in [0.5, 0.6) is 0 Å². The lowest BCUT2D eigenvalue weighted by molar-refractivity contribution is 0.613. The van der Waals surface area contributed by atoms with Crippen LogP contribution in [-0.4, -0.2) is 6.04 Å². The van der Waals surface area contributed by atoms with Gasteiger partial charge in [-0.1, -0.05) is 34.5 Å². The highest BCUT2D eigenvalue weighted by molar-refractivity contribution is 9.10. The Kier molecular flexibility index (Phi) is 2.70. The quantitative estimate of drug-likeness (QED) is 0.802. The molecule has 0 bridgehead atoms. The fraction of sp³-hybridized carbons (Fsp3) is 0.455. The van der Waals surface area contributed by atoms with E-state index < -0.39 is 0 Å². The molecule has 0 radical (unpaired) electrons. The van der Waals surface area contributed by atoms with Crippen LogP contribution < -0.4 is 5.73 Å². The van der Waals surface area contributed by atoms with Crippen LogP contribution in [0.25, 0.3) is 0 Å². The summed E-state index contributed by atoms with van der Waals surface area (Å²) >= 11 is 3.49. The van der Waals surface area contributed by atoms with E-state index in [1.807, 2.05) is 0 Å². The summed E-state index contributed by atoms with van der Waals surface area (Å²) in [5, 5.41) is 0. The zero-order chi connectivity index (χ0) is 9.26. The second kappa shape index (κ2) is 3.81. The van der Waals surface area contributed by atoms with Gasteiger partial charge in [-0.2, -0.15) is 0 Å². The van der Waals surface area contributed by atoms with Crippen molar-refractivity contribution in [1.29, 1.82) is 0 Å². The van der Waals surface area contributed by atoms with Crippen LogP contribution in [0.4, 0.5) is 0 Å². The summed E-state index contributed by atoms with van der Waals surface area (Å²) in [6, 6.07) is 8.89. The Labute approximate surface area is 87.5 Å². The van der Waals surface area contributed by atoms with Gasteiger partial charge in [0.05, 0.1) is 0 Å². The van der Waals surface area contributed by atoms with Crippen molar-refractivity contribution in [3.8, 4) is 0 Å². The van der Waals surface area contributed by atoms with Crippen molar-refractivity contribution in [2.24, 2.45) is 5.73 Å². The molecule has 2 heteroatoms. The zero-order valence-electron chi connectivity index (χ0n) is 7.54. The molecular weight excluding hydrogens is 226 g/mol. The van der Waals surface area contributed by atoms with Crippen LogP contribution in [0, 0.1) is 0 Å². The molecule has 2 rings (SSSR count). The minimum Gasteiger partial charge on any atom is -0.327 e. The zero-order valence-corrected chi connectivity index (χ0v) is 9.13. The molecule has 1 aliphatic rings. The Hall–Kier alpha value is -0.340. The molecule has 1 nitrogen and oxygen atoms in total. The number of hydrogen-bond acceptors (Lipinski definition) is 1. The van der Waals surface area contributed by atoms with Gasteiger partial charge in [-0.15, -0.1) is 0 Å². The molecule has 1 saturated carbocycles. The van der Waals surface area contributed by atoms with Gasteiger partial charge in [0.15, 0.2) is 0 Å². The van der Waals surface area contributed by atoms with Gasteiger partial charge in [-0.05, 0) is 36.5 Å². The van der Waals surface area contributed by atoms with Crippen molar-refractivity contribution in [2.45, 2.75) is 31.2 Å². The highest BCUT2D eigenvalue weighted by Crippen LogP contribution is 2.34. The van der Waals surface area contributed by atoms with Gasteiger partial charge in [0.25, 0.3) is 0 Å². The highest BCUT2D eigenvalue weighted by Gasteiger charge is 2.25. The standard InChI is InChI=1S/C11H14BrN/c12-9-4-1-3-8(7-9)10-5-2-6-11(10)13/h1,3-4,7,10-11H,2,5-6,13H2. The predicted molar refractivity (Wildman–Crippen MR) is 58.7 cm³/mol. The molecule has 1 fully saturated rings.